The van der Waals surface area contributed by atoms with Crippen molar-refractivity contribution in [1.82, 2.24) is 10.2 Å². The Morgan fingerprint density at radius 2 is 1.53 bits per heavy atom. The predicted molar refractivity (Wildman–Crippen MR) is 132 cm³/mol. The molecule has 3 aromatic carbocycles. The topological polar surface area (TPSA) is 76.4 Å². The average Bonchev–Trinajstić information content (AvgIpc) is 3.15. The molecular weight excluding hydrogens is 424 g/mol. The van der Waals surface area contributed by atoms with Gasteiger partial charge in [0.2, 0.25) is 5.91 Å². The second kappa shape index (κ2) is 11.2. The maximum atomic E-state index is 13.6. The lowest BCUT2D eigenvalue weighted by atomic mass is 10.0. The van der Waals surface area contributed by atoms with E-state index in [4.69, 9.17) is 5.26 Å². The molecule has 2 amide bonds. The molecule has 4 rings (SSSR count). The molecular formula is C28H28N4O2. The number of hydrogen-bond donors (Lipinski definition) is 1. The number of carbonyl (C=O) groups is 2. The molecule has 1 N–H and O–H groups in total. The number of carbonyl (C=O) groups excluding carboxylic acids is 2. The summed E-state index contributed by atoms with van der Waals surface area (Å²) in [6, 6.07) is 27.8. The SMILES string of the molecule is N#Cc1ccc(N2CCCN(C(=O)C(Cc3ccccc3)NC(=O)c3ccccc3)CC2)cc1. The molecule has 0 aliphatic carbocycles. The largest absolute Gasteiger partial charge is 0.370 e. The van der Waals surface area contributed by atoms with Crippen molar-refractivity contribution in [2.75, 3.05) is 31.1 Å². The van der Waals surface area contributed by atoms with Crippen LogP contribution in [0.3, 0.4) is 0 Å². The van der Waals surface area contributed by atoms with E-state index in [-0.39, 0.29) is 11.8 Å². The monoisotopic (exact) mass is 452 g/mol. The molecule has 1 saturated heterocycles. The normalized spacial score (nSPS) is 14.6. The van der Waals surface area contributed by atoms with Crippen LogP contribution in [-0.2, 0) is 11.2 Å². The molecule has 0 aromatic heterocycles. The summed E-state index contributed by atoms with van der Waals surface area (Å²) in [6.45, 7) is 2.74. The number of anilines is 1. The van der Waals surface area contributed by atoms with Crippen molar-refractivity contribution in [3.05, 3.63) is 102 Å². The lowest BCUT2D eigenvalue weighted by Crippen LogP contribution is -2.50. The highest BCUT2D eigenvalue weighted by Gasteiger charge is 2.28. The second-order valence-corrected chi connectivity index (χ2v) is 8.41. The Hall–Kier alpha value is -4.11. The highest BCUT2D eigenvalue weighted by Crippen LogP contribution is 2.18. The first-order valence-electron chi connectivity index (χ1n) is 11.6. The van der Waals surface area contributed by atoms with Crippen molar-refractivity contribution in [3.63, 3.8) is 0 Å². The van der Waals surface area contributed by atoms with Crippen LogP contribution in [-0.4, -0.2) is 48.9 Å². The quantitative estimate of drug-likeness (QED) is 0.620. The van der Waals surface area contributed by atoms with E-state index < -0.39 is 6.04 Å². The second-order valence-electron chi connectivity index (χ2n) is 8.41. The molecule has 1 heterocycles. The summed E-state index contributed by atoms with van der Waals surface area (Å²) in [4.78, 5) is 30.6. The summed E-state index contributed by atoms with van der Waals surface area (Å²) in [7, 11) is 0. The van der Waals surface area contributed by atoms with E-state index in [0.29, 0.717) is 37.2 Å². The van der Waals surface area contributed by atoms with Crippen LogP contribution in [0.25, 0.3) is 0 Å². The number of benzene rings is 3. The molecule has 172 valence electrons. The fourth-order valence-corrected chi connectivity index (χ4v) is 4.24. The average molecular weight is 453 g/mol. The molecule has 1 aliphatic rings. The van der Waals surface area contributed by atoms with Crippen LogP contribution in [0.15, 0.2) is 84.9 Å². The molecule has 0 saturated carbocycles. The van der Waals surface area contributed by atoms with Gasteiger partial charge < -0.3 is 15.1 Å². The molecule has 6 heteroatoms. The van der Waals surface area contributed by atoms with E-state index in [2.05, 4.69) is 16.3 Å². The smallest absolute Gasteiger partial charge is 0.251 e. The van der Waals surface area contributed by atoms with Crippen LogP contribution in [0.1, 0.15) is 27.9 Å². The first kappa shape index (κ1) is 23.1. The van der Waals surface area contributed by atoms with Crippen molar-refractivity contribution in [3.8, 4) is 6.07 Å². The number of hydrogen-bond acceptors (Lipinski definition) is 4. The van der Waals surface area contributed by atoms with E-state index in [9.17, 15) is 9.59 Å². The maximum Gasteiger partial charge on any atom is 0.251 e. The molecule has 1 aliphatic heterocycles. The summed E-state index contributed by atoms with van der Waals surface area (Å²) >= 11 is 0. The van der Waals surface area contributed by atoms with Crippen molar-refractivity contribution in [2.45, 2.75) is 18.9 Å². The lowest BCUT2D eigenvalue weighted by molar-refractivity contribution is -0.133. The third-order valence-electron chi connectivity index (χ3n) is 6.09. The van der Waals surface area contributed by atoms with Crippen LogP contribution in [0.5, 0.6) is 0 Å². The molecule has 0 bridgehead atoms. The molecule has 6 nitrogen and oxygen atoms in total. The van der Waals surface area contributed by atoms with Crippen molar-refractivity contribution in [2.24, 2.45) is 0 Å². The third kappa shape index (κ3) is 5.81. The third-order valence-corrected chi connectivity index (χ3v) is 6.09. The van der Waals surface area contributed by atoms with Crippen LogP contribution in [0.2, 0.25) is 0 Å². The van der Waals surface area contributed by atoms with Gasteiger partial charge in [-0.1, -0.05) is 48.5 Å². The standard InChI is InChI=1S/C28H28N4O2/c29-21-23-12-14-25(15-13-23)31-16-7-17-32(19-18-31)28(34)26(20-22-8-3-1-4-9-22)30-27(33)24-10-5-2-6-11-24/h1-6,8-15,26H,7,16-20H2,(H,30,33). The van der Waals surface area contributed by atoms with Gasteiger partial charge in [0.05, 0.1) is 11.6 Å². The summed E-state index contributed by atoms with van der Waals surface area (Å²) in [5.74, 6) is -0.307. The summed E-state index contributed by atoms with van der Waals surface area (Å²) < 4.78 is 0. The molecule has 3 aromatic rings. The number of nitrogens with zero attached hydrogens (tertiary/aromatic N) is 3. The Morgan fingerprint density at radius 1 is 0.853 bits per heavy atom. The van der Waals surface area contributed by atoms with Crippen LogP contribution < -0.4 is 10.2 Å². The van der Waals surface area contributed by atoms with Gasteiger partial charge in [0.25, 0.3) is 5.91 Å². The zero-order valence-corrected chi connectivity index (χ0v) is 19.1. The van der Waals surface area contributed by atoms with E-state index in [1.165, 1.54) is 0 Å². The molecule has 34 heavy (non-hydrogen) atoms. The van der Waals surface area contributed by atoms with Crippen LogP contribution in [0.4, 0.5) is 5.69 Å². The summed E-state index contributed by atoms with van der Waals surface area (Å²) in [5.41, 5.74) is 3.22. The predicted octanol–water partition coefficient (Wildman–Crippen LogP) is 3.64. The Morgan fingerprint density at radius 3 is 2.21 bits per heavy atom. The molecule has 1 atom stereocenters. The van der Waals surface area contributed by atoms with Gasteiger partial charge in [0.15, 0.2) is 0 Å². The zero-order chi connectivity index (χ0) is 23.8. The van der Waals surface area contributed by atoms with Crippen molar-refractivity contribution in [1.29, 1.82) is 5.26 Å². The van der Waals surface area contributed by atoms with Gasteiger partial charge in [-0.15, -0.1) is 0 Å². The zero-order valence-electron chi connectivity index (χ0n) is 19.1. The van der Waals surface area contributed by atoms with Gasteiger partial charge in [-0.2, -0.15) is 5.26 Å². The minimum atomic E-state index is -0.642. The maximum absolute atomic E-state index is 13.6. The Labute approximate surface area is 200 Å². The van der Waals surface area contributed by atoms with Crippen LogP contribution >= 0.6 is 0 Å². The van der Waals surface area contributed by atoms with E-state index in [1.807, 2.05) is 77.7 Å². The molecule has 0 radical (unpaired) electrons. The van der Waals surface area contributed by atoms with Crippen LogP contribution in [0, 0.1) is 11.3 Å². The number of rotatable bonds is 6. The minimum Gasteiger partial charge on any atom is -0.370 e. The number of nitriles is 1. The van der Waals surface area contributed by atoms with E-state index in [1.54, 1.807) is 12.1 Å². The fraction of sp³-hybridized carbons (Fsp3) is 0.250. The van der Waals surface area contributed by atoms with Gasteiger partial charge in [0.1, 0.15) is 6.04 Å². The first-order chi connectivity index (χ1) is 16.6. The Balaban J connectivity index is 1.47. The number of amides is 2. The minimum absolute atomic E-state index is 0.0604. The van der Waals surface area contributed by atoms with Gasteiger partial charge in [-0.05, 0) is 48.4 Å². The van der Waals surface area contributed by atoms with Crippen molar-refractivity contribution >= 4 is 17.5 Å². The van der Waals surface area contributed by atoms with Gasteiger partial charge in [-0.3, -0.25) is 9.59 Å². The summed E-state index contributed by atoms with van der Waals surface area (Å²) in [5, 5.41) is 12.0. The van der Waals surface area contributed by atoms with E-state index in [0.717, 1.165) is 24.2 Å². The Kier molecular flexibility index (Phi) is 7.56. The lowest BCUT2D eigenvalue weighted by Gasteiger charge is -2.27. The summed E-state index contributed by atoms with van der Waals surface area (Å²) in [6.07, 6.45) is 1.27. The van der Waals surface area contributed by atoms with Gasteiger partial charge >= 0.3 is 0 Å². The molecule has 1 unspecified atom stereocenters. The van der Waals surface area contributed by atoms with Crippen molar-refractivity contribution < 1.29 is 9.59 Å². The van der Waals surface area contributed by atoms with E-state index >= 15 is 0 Å². The fourth-order valence-electron chi connectivity index (χ4n) is 4.24. The highest BCUT2D eigenvalue weighted by atomic mass is 16.2. The Bertz CT molecular complexity index is 1140. The number of nitrogens with one attached hydrogen (secondary N) is 1. The van der Waals surface area contributed by atoms with Gasteiger partial charge in [-0.25, -0.2) is 0 Å². The molecule has 1 fully saturated rings. The molecule has 0 spiro atoms. The van der Waals surface area contributed by atoms with Gasteiger partial charge in [0, 0.05) is 43.9 Å². The first-order valence-corrected chi connectivity index (χ1v) is 11.6. The highest BCUT2D eigenvalue weighted by molar-refractivity contribution is 5.97.